The number of hydrogen-bond acceptors (Lipinski definition) is 16. The zero-order valence-electron chi connectivity index (χ0n) is 30.1. The van der Waals surface area contributed by atoms with Gasteiger partial charge in [-0.1, -0.05) is 19.9 Å². The van der Waals surface area contributed by atoms with Crippen LogP contribution in [0.4, 0.5) is 0 Å². The van der Waals surface area contributed by atoms with E-state index in [0.717, 1.165) is 7.11 Å². The Morgan fingerprint density at radius 2 is 1.69 bits per heavy atom. The first-order valence-electron chi connectivity index (χ1n) is 17.8. The summed E-state index contributed by atoms with van der Waals surface area (Å²) >= 11 is 0. The predicted octanol–water partition coefficient (Wildman–Crippen LogP) is 0.187. The van der Waals surface area contributed by atoms with Crippen LogP contribution in [0, 0.1) is 34.0 Å². The summed E-state index contributed by atoms with van der Waals surface area (Å²) in [6.07, 6.45) is -3.11. The molecule has 3 saturated carbocycles. The van der Waals surface area contributed by atoms with E-state index in [1.165, 1.54) is 19.4 Å². The molecule has 0 radical (unpaired) electrons. The van der Waals surface area contributed by atoms with Crippen molar-refractivity contribution in [1.82, 2.24) is 0 Å². The molecule has 3 N–H and O–H groups in total. The van der Waals surface area contributed by atoms with E-state index in [1.54, 1.807) is 40.7 Å². The topological polar surface area (TPSA) is 212 Å². The van der Waals surface area contributed by atoms with Gasteiger partial charge in [0.2, 0.25) is 6.29 Å². The maximum Gasteiger partial charge on any atom is 0.366 e. The monoisotopic (exact) mass is 734 g/mol. The zero-order chi connectivity index (χ0) is 37.6. The van der Waals surface area contributed by atoms with Gasteiger partial charge in [-0.2, -0.15) is 0 Å². The Bertz CT molecular complexity index is 1680. The molecule has 4 saturated heterocycles. The van der Waals surface area contributed by atoms with Crippen molar-refractivity contribution < 1.29 is 77.1 Å². The van der Waals surface area contributed by atoms with Gasteiger partial charge in [-0.05, 0) is 33.3 Å². The van der Waals surface area contributed by atoms with Crippen LogP contribution in [0.25, 0.3) is 0 Å². The van der Waals surface area contributed by atoms with Crippen LogP contribution >= 0.6 is 0 Å². The minimum Gasteiger partial charge on any atom is -0.469 e. The van der Waals surface area contributed by atoms with Gasteiger partial charge in [0.05, 0.1) is 52.0 Å². The molecule has 0 aromatic rings. The summed E-state index contributed by atoms with van der Waals surface area (Å²) in [5.74, 6) is -9.78. The van der Waals surface area contributed by atoms with Crippen molar-refractivity contribution in [3.05, 3.63) is 24.0 Å². The summed E-state index contributed by atoms with van der Waals surface area (Å²) in [6.45, 7) is 7.23. The number of rotatable bonds is 6. The molecule has 0 amide bonds. The smallest absolute Gasteiger partial charge is 0.366 e. The molecule has 8 aliphatic rings. The Balaban J connectivity index is 1.42. The van der Waals surface area contributed by atoms with Crippen LogP contribution < -0.4 is 0 Å². The summed E-state index contributed by atoms with van der Waals surface area (Å²) in [5.41, 5.74) is -10.6. The third-order valence-corrected chi connectivity index (χ3v) is 14.4. The fraction of sp³-hybridized carbons (Fsp3) is 0.778. The van der Waals surface area contributed by atoms with Crippen LogP contribution in [-0.4, -0.2) is 126 Å². The number of hydrogen-bond donors (Lipinski definition) is 3. The van der Waals surface area contributed by atoms with Gasteiger partial charge in [0, 0.05) is 47.0 Å². The average molecular weight is 735 g/mol. The molecule has 0 aromatic carbocycles. The molecule has 5 aliphatic heterocycles. The van der Waals surface area contributed by atoms with Crippen LogP contribution in [0.2, 0.25) is 0 Å². The fourth-order valence-electron chi connectivity index (χ4n) is 12.3. The van der Waals surface area contributed by atoms with Crippen molar-refractivity contribution in [3.8, 4) is 0 Å². The molecule has 0 aromatic heterocycles. The van der Waals surface area contributed by atoms with Gasteiger partial charge in [0.25, 0.3) is 5.79 Å². The summed E-state index contributed by atoms with van der Waals surface area (Å²) in [4.78, 5) is 55.1. The Kier molecular flexibility index (Phi) is 7.58. The highest BCUT2D eigenvalue weighted by Gasteiger charge is 2.94. The number of esters is 4. The van der Waals surface area contributed by atoms with Crippen molar-refractivity contribution in [2.45, 2.75) is 113 Å². The van der Waals surface area contributed by atoms with Crippen molar-refractivity contribution >= 4 is 23.9 Å². The zero-order valence-corrected chi connectivity index (χ0v) is 30.1. The Hall–Kier alpha value is -3.12. The van der Waals surface area contributed by atoms with E-state index in [4.69, 9.17) is 42.6 Å². The second-order valence-corrected chi connectivity index (χ2v) is 16.0. The molecule has 1 spiro atoms. The molecule has 3 aliphatic carbocycles. The number of methoxy groups -OCH3 is 2. The van der Waals surface area contributed by atoms with Gasteiger partial charge in [0.1, 0.15) is 28.8 Å². The summed E-state index contributed by atoms with van der Waals surface area (Å²) in [6, 6.07) is 0. The van der Waals surface area contributed by atoms with Crippen LogP contribution in [0.5, 0.6) is 0 Å². The highest BCUT2D eigenvalue weighted by Crippen LogP contribution is 2.81. The van der Waals surface area contributed by atoms with E-state index < -0.39 is 124 Å². The van der Waals surface area contributed by atoms with Crippen LogP contribution in [0.1, 0.15) is 53.9 Å². The van der Waals surface area contributed by atoms with Crippen molar-refractivity contribution in [3.63, 3.8) is 0 Å². The maximum absolute atomic E-state index is 14.4. The van der Waals surface area contributed by atoms with Gasteiger partial charge in [0.15, 0.2) is 5.60 Å². The molecule has 16 unspecified atom stereocenters. The van der Waals surface area contributed by atoms with E-state index in [0.29, 0.717) is 0 Å². The number of aliphatic hydroxyl groups is 3. The lowest BCUT2D eigenvalue weighted by Gasteiger charge is -2.65. The Morgan fingerprint density at radius 1 is 0.981 bits per heavy atom. The SMILES string of the molecule is CC=C(C)C(=O)OC1CC(OC(=O)CC)C2(C(=O)OC)COC3C2C12COC(O)(C(=O)OC)C2C1(C)C3OC2(C)C3CC(OC4OC=CC43O)C21O. The number of ether oxygens (including phenoxy) is 9. The first-order chi connectivity index (χ1) is 24.5. The molecule has 16 heteroatoms. The second kappa shape index (κ2) is 11.0. The summed E-state index contributed by atoms with van der Waals surface area (Å²) in [5, 5.41) is 38.3. The van der Waals surface area contributed by atoms with E-state index in [9.17, 15) is 34.5 Å². The third kappa shape index (κ3) is 3.67. The van der Waals surface area contributed by atoms with Crippen molar-refractivity contribution in [2.75, 3.05) is 27.4 Å². The lowest BCUT2D eigenvalue weighted by atomic mass is 9.37. The molecule has 7 fully saturated rings. The molecular weight excluding hydrogens is 688 g/mol. The number of allylic oxidation sites excluding steroid dienone is 1. The largest absolute Gasteiger partial charge is 0.469 e. The first-order valence-corrected chi connectivity index (χ1v) is 17.8. The summed E-state index contributed by atoms with van der Waals surface area (Å²) in [7, 11) is 2.26. The highest BCUT2D eigenvalue weighted by atomic mass is 16.7. The van der Waals surface area contributed by atoms with E-state index in [2.05, 4.69) is 0 Å². The lowest BCUT2D eigenvalue weighted by molar-refractivity contribution is -0.315. The minimum atomic E-state index is -2.82. The number of carbonyl (C=O) groups is 4. The lowest BCUT2D eigenvalue weighted by Crippen LogP contribution is -2.79. The molecular formula is C36H46O16. The fourth-order valence-corrected chi connectivity index (χ4v) is 12.3. The first kappa shape index (κ1) is 35.9. The normalized spacial score (nSPS) is 53.1. The van der Waals surface area contributed by atoms with Gasteiger partial charge in [-0.3, -0.25) is 9.59 Å². The standard InChI is InChI=1S/C36H46O16/c1-8-16(3)25(38)50-18-13-19(49-21(37)9-2)33(27(39)44-6)14-47-22-23(33)32(18)15-48-35(42,28(40)45-7)26(32)30(4)24(22)52-31(5)17-12-20(36(30,31)43)51-29-34(17,41)10-11-46-29/h8,10-11,17-20,22-24,26,29,41-43H,9,12-15H2,1-7H3. The summed E-state index contributed by atoms with van der Waals surface area (Å²) < 4.78 is 54.7. The molecule has 8 rings (SSSR count). The second-order valence-electron chi connectivity index (χ2n) is 16.0. The Morgan fingerprint density at radius 3 is 2.35 bits per heavy atom. The maximum atomic E-state index is 14.4. The van der Waals surface area contributed by atoms with Gasteiger partial charge >= 0.3 is 23.9 Å². The number of fused-ring (bicyclic) bond motifs is 11. The van der Waals surface area contributed by atoms with Crippen LogP contribution in [0.3, 0.4) is 0 Å². The Labute approximate surface area is 299 Å². The molecule has 2 bridgehead atoms. The van der Waals surface area contributed by atoms with Crippen LogP contribution in [-0.2, 0) is 61.8 Å². The molecule has 52 heavy (non-hydrogen) atoms. The van der Waals surface area contributed by atoms with E-state index in [-0.39, 0.29) is 31.4 Å². The van der Waals surface area contributed by atoms with Gasteiger partial charge in [-0.25, -0.2) is 9.59 Å². The molecule has 286 valence electrons. The molecule has 16 nitrogen and oxygen atoms in total. The number of carbonyl (C=O) groups excluding carboxylic acids is 4. The molecule has 16 atom stereocenters. The highest BCUT2D eigenvalue weighted by molar-refractivity contribution is 5.88. The molecule has 5 heterocycles. The van der Waals surface area contributed by atoms with Gasteiger partial charge in [-0.15, -0.1) is 0 Å². The quantitative estimate of drug-likeness (QED) is 0.189. The van der Waals surface area contributed by atoms with Crippen molar-refractivity contribution in [2.24, 2.45) is 34.0 Å². The van der Waals surface area contributed by atoms with Crippen molar-refractivity contribution in [1.29, 1.82) is 0 Å². The van der Waals surface area contributed by atoms with Gasteiger partial charge < -0.3 is 58.0 Å². The predicted molar refractivity (Wildman–Crippen MR) is 169 cm³/mol. The van der Waals surface area contributed by atoms with E-state index in [1.807, 2.05) is 0 Å². The van der Waals surface area contributed by atoms with Crippen LogP contribution in [0.15, 0.2) is 24.0 Å². The third-order valence-electron chi connectivity index (χ3n) is 14.4. The minimum absolute atomic E-state index is 0.0379. The average Bonchev–Trinajstić information content (AvgIpc) is 3.89. The van der Waals surface area contributed by atoms with E-state index >= 15 is 0 Å².